The number of anilines is 1. The van der Waals surface area contributed by atoms with Gasteiger partial charge in [0.15, 0.2) is 11.5 Å². The Morgan fingerprint density at radius 2 is 1.78 bits per heavy atom. The highest BCUT2D eigenvalue weighted by Gasteiger charge is 2.28. The molecular formula is C22H23FN2O5S2. The molecule has 0 saturated carbocycles. The summed E-state index contributed by atoms with van der Waals surface area (Å²) in [5.41, 5.74) is 1.12. The third-order valence-corrected chi connectivity index (χ3v) is 7.77. The van der Waals surface area contributed by atoms with Crippen molar-refractivity contribution in [3.05, 3.63) is 71.4 Å². The Morgan fingerprint density at radius 1 is 1.06 bits per heavy atom. The first-order chi connectivity index (χ1) is 15.3. The molecule has 0 spiro atoms. The summed E-state index contributed by atoms with van der Waals surface area (Å²) >= 11 is 1.05. The van der Waals surface area contributed by atoms with E-state index in [-0.39, 0.29) is 9.90 Å². The van der Waals surface area contributed by atoms with Crippen LogP contribution in [-0.4, -0.2) is 41.6 Å². The van der Waals surface area contributed by atoms with Crippen LogP contribution in [0.3, 0.4) is 0 Å². The maximum atomic E-state index is 13.4. The Bertz CT molecular complexity index is 1150. The van der Waals surface area contributed by atoms with E-state index < -0.39 is 28.3 Å². The molecule has 3 aromatic rings. The standard InChI is InChI=1S/C22H23FN2O5S2/c1-29-19-10-5-16(14-20(19)30-2)11-12-24-21(26)15-25(18-8-6-17(23)7-9-18)32(27,28)22-4-3-13-31-22/h3-10,13-14H,11-12,15H2,1-2H3,(H,24,26). The summed E-state index contributed by atoms with van der Waals surface area (Å²) in [4.78, 5) is 12.6. The predicted octanol–water partition coefficient (Wildman–Crippen LogP) is 3.46. The largest absolute Gasteiger partial charge is 0.493 e. The minimum atomic E-state index is -3.97. The van der Waals surface area contributed by atoms with Gasteiger partial charge in [-0.2, -0.15) is 0 Å². The molecule has 2 aromatic carbocycles. The van der Waals surface area contributed by atoms with Crippen LogP contribution < -0.4 is 19.1 Å². The summed E-state index contributed by atoms with van der Waals surface area (Å²) in [6.45, 7) is -0.136. The van der Waals surface area contributed by atoms with E-state index in [1.807, 2.05) is 12.1 Å². The first-order valence-electron chi connectivity index (χ1n) is 9.64. The maximum Gasteiger partial charge on any atom is 0.274 e. The first kappa shape index (κ1) is 23.6. The number of amides is 1. The van der Waals surface area contributed by atoms with Crippen molar-refractivity contribution in [1.29, 1.82) is 0 Å². The minimum Gasteiger partial charge on any atom is -0.493 e. The Morgan fingerprint density at radius 3 is 2.41 bits per heavy atom. The number of methoxy groups -OCH3 is 2. The number of rotatable bonds is 10. The molecule has 10 heteroatoms. The van der Waals surface area contributed by atoms with Crippen LogP contribution in [0.1, 0.15) is 5.56 Å². The van der Waals surface area contributed by atoms with Gasteiger partial charge in [-0.05, 0) is 59.8 Å². The second kappa shape index (κ2) is 10.5. The van der Waals surface area contributed by atoms with Crippen LogP contribution in [0.4, 0.5) is 10.1 Å². The normalized spacial score (nSPS) is 11.1. The van der Waals surface area contributed by atoms with Crippen molar-refractivity contribution in [3.8, 4) is 11.5 Å². The molecule has 0 radical (unpaired) electrons. The van der Waals surface area contributed by atoms with Gasteiger partial charge in [-0.15, -0.1) is 11.3 Å². The summed E-state index contributed by atoms with van der Waals surface area (Å²) in [5.74, 6) is 0.214. The van der Waals surface area contributed by atoms with Gasteiger partial charge in [0, 0.05) is 6.54 Å². The number of benzene rings is 2. The van der Waals surface area contributed by atoms with Crippen LogP contribution in [0.25, 0.3) is 0 Å². The van der Waals surface area contributed by atoms with Crippen molar-refractivity contribution < 1.29 is 27.1 Å². The van der Waals surface area contributed by atoms with Crippen molar-refractivity contribution in [1.82, 2.24) is 5.32 Å². The lowest BCUT2D eigenvalue weighted by Gasteiger charge is -2.23. The average Bonchev–Trinajstić information content (AvgIpc) is 3.34. The van der Waals surface area contributed by atoms with Crippen LogP contribution >= 0.6 is 11.3 Å². The third-order valence-electron chi connectivity index (χ3n) is 4.63. The number of hydrogen-bond donors (Lipinski definition) is 1. The lowest BCUT2D eigenvalue weighted by molar-refractivity contribution is -0.119. The van der Waals surface area contributed by atoms with E-state index in [2.05, 4.69) is 5.32 Å². The van der Waals surface area contributed by atoms with Crippen molar-refractivity contribution in [2.24, 2.45) is 0 Å². The van der Waals surface area contributed by atoms with Gasteiger partial charge in [0.2, 0.25) is 5.91 Å². The number of nitrogens with zero attached hydrogens (tertiary/aromatic N) is 1. The lowest BCUT2D eigenvalue weighted by Crippen LogP contribution is -2.41. The molecule has 1 amide bonds. The SMILES string of the molecule is COc1ccc(CCNC(=O)CN(c2ccc(F)cc2)S(=O)(=O)c2cccs2)cc1OC. The van der Waals surface area contributed by atoms with Crippen LogP contribution in [0, 0.1) is 5.82 Å². The van der Waals surface area contributed by atoms with Gasteiger partial charge < -0.3 is 14.8 Å². The molecule has 170 valence electrons. The fourth-order valence-corrected chi connectivity index (χ4v) is 5.54. The molecule has 1 N–H and O–H groups in total. The minimum absolute atomic E-state index is 0.0972. The molecule has 0 aliphatic rings. The Hall–Kier alpha value is -3.11. The Kier molecular flexibility index (Phi) is 7.70. The smallest absolute Gasteiger partial charge is 0.274 e. The van der Waals surface area contributed by atoms with E-state index in [4.69, 9.17) is 9.47 Å². The molecule has 0 aliphatic carbocycles. The van der Waals surface area contributed by atoms with Crippen LogP contribution in [0.2, 0.25) is 0 Å². The quantitative estimate of drug-likeness (QED) is 0.482. The zero-order valence-corrected chi connectivity index (χ0v) is 19.2. The van der Waals surface area contributed by atoms with Gasteiger partial charge in [0.05, 0.1) is 19.9 Å². The van der Waals surface area contributed by atoms with E-state index >= 15 is 0 Å². The highest BCUT2D eigenvalue weighted by molar-refractivity contribution is 7.94. The van der Waals surface area contributed by atoms with Crippen molar-refractivity contribution >= 4 is 33.0 Å². The molecule has 0 aliphatic heterocycles. The second-order valence-corrected chi connectivity index (χ2v) is 9.75. The molecule has 0 bridgehead atoms. The van der Waals surface area contributed by atoms with Crippen molar-refractivity contribution in [2.45, 2.75) is 10.6 Å². The topological polar surface area (TPSA) is 84.9 Å². The fourth-order valence-electron chi connectivity index (χ4n) is 3.01. The highest BCUT2D eigenvalue weighted by atomic mass is 32.2. The number of hydrogen-bond acceptors (Lipinski definition) is 6. The second-order valence-electron chi connectivity index (χ2n) is 6.71. The van der Waals surface area contributed by atoms with E-state index in [0.29, 0.717) is 24.5 Å². The van der Waals surface area contributed by atoms with Gasteiger partial charge in [-0.3, -0.25) is 9.10 Å². The number of thiophene rings is 1. The van der Waals surface area contributed by atoms with Gasteiger partial charge in [-0.25, -0.2) is 12.8 Å². The molecule has 32 heavy (non-hydrogen) atoms. The zero-order valence-electron chi connectivity index (χ0n) is 17.6. The average molecular weight is 479 g/mol. The number of ether oxygens (including phenoxy) is 2. The van der Waals surface area contributed by atoms with E-state index in [1.165, 1.54) is 18.2 Å². The molecular weight excluding hydrogens is 455 g/mol. The number of nitrogens with one attached hydrogen (secondary N) is 1. The van der Waals surface area contributed by atoms with E-state index in [9.17, 15) is 17.6 Å². The van der Waals surface area contributed by atoms with Gasteiger partial charge in [0.25, 0.3) is 10.0 Å². The fraction of sp³-hybridized carbons (Fsp3) is 0.227. The van der Waals surface area contributed by atoms with E-state index in [0.717, 1.165) is 33.3 Å². The predicted molar refractivity (Wildman–Crippen MR) is 122 cm³/mol. The summed E-state index contributed by atoms with van der Waals surface area (Å²) in [5, 5.41) is 4.38. The number of carbonyl (C=O) groups is 1. The van der Waals surface area contributed by atoms with Crippen LogP contribution in [0.15, 0.2) is 64.2 Å². The summed E-state index contributed by atoms with van der Waals surface area (Å²) in [7, 11) is -0.881. The van der Waals surface area contributed by atoms with Crippen LogP contribution in [-0.2, 0) is 21.2 Å². The summed E-state index contributed by atoms with van der Waals surface area (Å²) in [6.07, 6.45) is 0.514. The monoisotopic (exact) mass is 478 g/mol. The van der Waals surface area contributed by atoms with Crippen LogP contribution in [0.5, 0.6) is 11.5 Å². The van der Waals surface area contributed by atoms with E-state index in [1.54, 1.807) is 31.7 Å². The van der Waals surface area contributed by atoms with Gasteiger partial charge >= 0.3 is 0 Å². The first-order valence-corrected chi connectivity index (χ1v) is 12.0. The summed E-state index contributed by atoms with van der Waals surface area (Å²) in [6, 6.07) is 13.5. The zero-order chi connectivity index (χ0) is 23.1. The van der Waals surface area contributed by atoms with Gasteiger partial charge in [0.1, 0.15) is 16.6 Å². The number of carbonyl (C=O) groups excluding carboxylic acids is 1. The molecule has 0 atom stereocenters. The maximum absolute atomic E-state index is 13.4. The highest BCUT2D eigenvalue weighted by Crippen LogP contribution is 2.28. The number of sulfonamides is 1. The van der Waals surface area contributed by atoms with Crippen molar-refractivity contribution in [2.75, 3.05) is 31.6 Å². The number of halogens is 1. The molecule has 0 saturated heterocycles. The third kappa shape index (κ3) is 5.57. The Balaban J connectivity index is 1.70. The van der Waals surface area contributed by atoms with Crippen molar-refractivity contribution in [3.63, 3.8) is 0 Å². The lowest BCUT2D eigenvalue weighted by atomic mass is 10.1. The molecule has 0 unspecified atom stereocenters. The molecule has 0 fully saturated rings. The van der Waals surface area contributed by atoms with Gasteiger partial charge in [-0.1, -0.05) is 12.1 Å². The summed E-state index contributed by atoms with van der Waals surface area (Å²) < 4.78 is 51.1. The Labute approximate surface area is 190 Å². The molecule has 1 aromatic heterocycles. The molecule has 3 rings (SSSR count). The molecule has 7 nitrogen and oxygen atoms in total. The molecule has 1 heterocycles.